The molecule has 2 nitrogen and oxygen atoms in total. The minimum atomic E-state index is -2.21. The molecule has 0 amide bonds. The molecule has 0 saturated heterocycles. The highest BCUT2D eigenvalue weighted by Crippen LogP contribution is 2.26. The van der Waals surface area contributed by atoms with E-state index in [2.05, 4.69) is 5.32 Å². The van der Waals surface area contributed by atoms with Crippen LogP contribution in [0.25, 0.3) is 0 Å². The highest BCUT2D eigenvalue weighted by Gasteiger charge is 2.26. The lowest BCUT2D eigenvalue weighted by Gasteiger charge is -2.13. The lowest BCUT2D eigenvalue weighted by Crippen LogP contribution is -2.31. The molecule has 8 heteroatoms. The Morgan fingerprint density at radius 3 is 1.91 bits per heavy atom. The van der Waals surface area contributed by atoms with Crippen LogP contribution in [0.15, 0.2) is 30.3 Å². The van der Waals surface area contributed by atoms with Gasteiger partial charge in [-0.1, -0.05) is 30.3 Å². The number of thiocarbonyl (C=S) groups is 1. The van der Waals surface area contributed by atoms with E-state index in [1.165, 1.54) is 0 Å². The second kappa shape index (κ2) is 7.36. The molecular formula is C15H11F5N2S. The van der Waals surface area contributed by atoms with Crippen LogP contribution in [-0.2, 0) is 6.42 Å². The smallest absolute Gasteiger partial charge is 0.200 e. The Bertz CT molecular complexity index is 693. The molecule has 2 N–H and O–H groups in total. The van der Waals surface area contributed by atoms with Gasteiger partial charge in [0.2, 0.25) is 5.82 Å². The van der Waals surface area contributed by atoms with Gasteiger partial charge in [0, 0.05) is 6.54 Å². The molecule has 0 spiro atoms. The summed E-state index contributed by atoms with van der Waals surface area (Å²) in [6, 6.07) is 9.30. The first-order chi connectivity index (χ1) is 10.9. The van der Waals surface area contributed by atoms with E-state index in [0.29, 0.717) is 13.0 Å². The molecule has 0 aliphatic heterocycles. The maximum atomic E-state index is 13.5. The quantitative estimate of drug-likeness (QED) is 0.380. The third kappa shape index (κ3) is 3.95. The van der Waals surface area contributed by atoms with Gasteiger partial charge in [-0.25, -0.2) is 22.0 Å². The summed E-state index contributed by atoms with van der Waals surface area (Å²) in [6.45, 7) is 0.325. The average molecular weight is 346 g/mol. The summed E-state index contributed by atoms with van der Waals surface area (Å²) in [4.78, 5) is 0. The monoisotopic (exact) mass is 346 g/mol. The van der Waals surface area contributed by atoms with Gasteiger partial charge in [0.15, 0.2) is 28.4 Å². The Hall–Kier alpha value is -2.22. The second-order valence-corrected chi connectivity index (χ2v) is 4.97. The van der Waals surface area contributed by atoms with E-state index in [0.717, 1.165) is 5.56 Å². The fraction of sp³-hybridized carbons (Fsp3) is 0.133. The maximum Gasteiger partial charge on any atom is 0.200 e. The average Bonchev–Trinajstić information content (AvgIpc) is 2.56. The van der Waals surface area contributed by atoms with Gasteiger partial charge in [0.1, 0.15) is 5.69 Å². The highest BCUT2D eigenvalue weighted by molar-refractivity contribution is 7.80. The Morgan fingerprint density at radius 1 is 0.826 bits per heavy atom. The number of halogens is 5. The molecular weight excluding hydrogens is 335 g/mol. The van der Waals surface area contributed by atoms with E-state index >= 15 is 0 Å². The van der Waals surface area contributed by atoms with Gasteiger partial charge >= 0.3 is 0 Å². The van der Waals surface area contributed by atoms with Crippen molar-refractivity contribution < 1.29 is 22.0 Å². The summed E-state index contributed by atoms with van der Waals surface area (Å²) in [5.74, 6) is -10.2. The normalized spacial score (nSPS) is 10.5. The molecule has 0 aliphatic rings. The van der Waals surface area contributed by atoms with E-state index in [-0.39, 0.29) is 5.11 Å². The minimum absolute atomic E-state index is 0.246. The van der Waals surface area contributed by atoms with Gasteiger partial charge in [-0.2, -0.15) is 0 Å². The molecule has 0 unspecified atom stereocenters. The van der Waals surface area contributed by atoms with E-state index < -0.39 is 34.8 Å². The van der Waals surface area contributed by atoms with Gasteiger partial charge in [-0.15, -0.1) is 0 Å². The molecule has 23 heavy (non-hydrogen) atoms. The summed E-state index contributed by atoms with van der Waals surface area (Å²) in [6.07, 6.45) is 0.569. The zero-order valence-electron chi connectivity index (χ0n) is 11.6. The standard InChI is InChI=1S/C15H11F5N2S/c16-9-10(17)12(19)14(13(20)11(9)18)22-15(23)21-7-6-8-4-2-1-3-5-8/h1-5H,6-7H2,(H2,21,22,23). The van der Waals surface area contributed by atoms with Crippen molar-refractivity contribution in [2.45, 2.75) is 6.42 Å². The van der Waals surface area contributed by atoms with Crippen LogP contribution >= 0.6 is 12.2 Å². The van der Waals surface area contributed by atoms with Crippen molar-refractivity contribution in [3.8, 4) is 0 Å². The predicted octanol–water partition coefficient (Wildman–Crippen LogP) is 3.91. The molecule has 0 radical (unpaired) electrons. The number of nitrogens with one attached hydrogen (secondary N) is 2. The number of hydrogen-bond donors (Lipinski definition) is 2. The maximum absolute atomic E-state index is 13.5. The molecule has 0 aliphatic carbocycles. The Balaban J connectivity index is 2.01. The molecule has 2 rings (SSSR count). The van der Waals surface area contributed by atoms with Gasteiger partial charge in [-0.3, -0.25) is 0 Å². The number of rotatable bonds is 4. The first kappa shape index (κ1) is 17.1. The first-order valence-electron chi connectivity index (χ1n) is 6.52. The van der Waals surface area contributed by atoms with Crippen molar-refractivity contribution in [2.24, 2.45) is 0 Å². The van der Waals surface area contributed by atoms with Crippen molar-refractivity contribution in [3.05, 3.63) is 65.0 Å². The summed E-state index contributed by atoms with van der Waals surface area (Å²) < 4.78 is 66.0. The van der Waals surface area contributed by atoms with Crippen LogP contribution in [0.5, 0.6) is 0 Å². The van der Waals surface area contributed by atoms with Gasteiger partial charge < -0.3 is 10.6 Å². The Morgan fingerprint density at radius 2 is 1.35 bits per heavy atom. The lowest BCUT2D eigenvalue weighted by molar-refractivity contribution is 0.382. The first-order valence-corrected chi connectivity index (χ1v) is 6.93. The largest absolute Gasteiger partial charge is 0.362 e. The lowest BCUT2D eigenvalue weighted by atomic mass is 10.1. The number of anilines is 1. The van der Waals surface area contributed by atoms with Crippen molar-refractivity contribution in [2.75, 3.05) is 11.9 Å². The van der Waals surface area contributed by atoms with Crippen molar-refractivity contribution >= 4 is 23.0 Å². The summed E-state index contributed by atoms with van der Waals surface area (Å²) in [5, 5.41) is 4.39. The van der Waals surface area contributed by atoms with Crippen LogP contribution in [0.4, 0.5) is 27.6 Å². The molecule has 0 fully saturated rings. The third-order valence-electron chi connectivity index (χ3n) is 2.99. The van der Waals surface area contributed by atoms with Crippen LogP contribution in [0.2, 0.25) is 0 Å². The van der Waals surface area contributed by atoms with E-state index in [1.54, 1.807) is 0 Å². The zero-order chi connectivity index (χ0) is 17.0. The van der Waals surface area contributed by atoms with Crippen molar-refractivity contribution in [3.63, 3.8) is 0 Å². The van der Waals surface area contributed by atoms with E-state index in [4.69, 9.17) is 12.2 Å². The Labute approximate surface area is 134 Å². The fourth-order valence-electron chi connectivity index (χ4n) is 1.84. The molecule has 0 aromatic heterocycles. The molecule has 2 aromatic carbocycles. The molecule has 2 aromatic rings. The molecule has 0 bridgehead atoms. The van der Waals surface area contributed by atoms with Gasteiger partial charge in [0.25, 0.3) is 0 Å². The van der Waals surface area contributed by atoms with Crippen LogP contribution in [0.1, 0.15) is 5.56 Å². The fourth-order valence-corrected chi connectivity index (χ4v) is 2.04. The van der Waals surface area contributed by atoms with Crippen LogP contribution in [-0.4, -0.2) is 11.7 Å². The zero-order valence-corrected chi connectivity index (χ0v) is 12.4. The van der Waals surface area contributed by atoms with Gasteiger partial charge in [0.05, 0.1) is 0 Å². The summed E-state index contributed by atoms with van der Waals surface area (Å²) in [7, 11) is 0. The van der Waals surface area contributed by atoms with E-state index in [9.17, 15) is 22.0 Å². The highest BCUT2D eigenvalue weighted by atomic mass is 32.1. The van der Waals surface area contributed by atoms with Crippen molar-refractivity contribution in [1.82, 2.24) is 5.32 Å². The molecule has 0 heterocycles. The van der Waals surface area contributed by atoms with Gasteiger partial charge in [-0.05, 0) is 24.2 Å². The van der Waals surface area contributed by atoms with Crippen LogP contribution in [0.3, 0.4) is 0 Å². The topological polar surface area (TPSA) is 24.1 Å². The Kier molecular flexibility index (Phi) is 5.49. The number of hydrogen-bond acceptors (Lipinski definition) is 1. The number of benzene rings is 2. The van der Waals surface area contributed by atoms with E-state index in [1.807, 2.05) is 35.6 Å². The summed E-state index contributed by atoms with van der Waals surface area (Å²) >= 11 is 4.80. The van der Waals surface area contributed by atoms with Crippen molar-refractivity contribution in [1.29, 1.82) is 0 Å². The molecule has 0 atom stereocenters. The minimum Gasteiger partial charge on any atom is -0.362 e. The predicted molar refractivity (Wildman–Crippen MR) is 80.6 cm³/mol. The van der Waals surface area contributed by atoms with Crippen LogP contribution < -0.4 is 10.6 Å². The summed E-state index contributed by atoms with van der Waals surface area (Å²) in [5.41, 5.74) is -0.183. The molecule has 122 valence electrons. The van der Waals surface area contributed by atoms with Crippen LogP contribution in [0, 0.1) is 29.1 Å². The SMILES string of the molecule is Fc1c(F)c(F)c(NC(=S)NCCc2ccccc2)c(F)c1F. The third-order valence-corrected chi connectivity index (χ3v) is 3.24. The second-order valence-electron chi connectivity index (χ2n) is 4.56. The molecule has 0 saturated carbocycles.